The molecule has 4 nitrogen and oxygen atoms in total. The topological polar surface area (TPSA) is 47.0 Å². The Kier molecular flexibility index (Phi) is 4.63. The molecule has 19 heavy (non-hydrogen) atoms. The van der Waals surface area contributed by atoms with Gasteiger partial charge in [-0.25, -0.2) is 14.4 Å². The lowest BCUT2D eigenvalue weighted by Gasteiger charge is -2.10. The standard InChI is InChI=1S/C14H18FN3O/c1-10(2)8-19-7-6-16-14-11-4-3-5-12(15)13(11)17-9-18-14/h3-5,9-10H,6-8H2,1-2H3,(H,16,17,18). The number of rotatable bonds is 6. The Labute approximate surface area is 112 Å². The Morgan fingerprint density at radius 1 is 1.32 bits per heavy atom. The molecule has 102 valence electrons. The molecule has 2 aromatic rings. The number of hydrogen-bond acceptors (Lipinski definition) is 4. The highest BCUT2D eigenvalue weighted by molar-refractivity contribution is 5.89. The van der Waals surface area contributed by atoms with Gasteiger partial charge in [0.1, 0.15) is 23.5 Å². The zero-order valence-corrected chi connectivity index (χ0v) is 11.2. The molecule has 0 fully saturated rings. The van der Waals surface area contributed by atoms with Crippen LogP contribution in [0, 0.1) is 11.7 Å². The fourth-order valence-corrected chi connectivity index (χ4v) is 1.75. The second-order valence-corrected chi connectivity index (χ2v) is 4.75. The molecule has 0 aliphatic carbocycles. The molecule has 1 aromatic carbocycles. The molecule has 0 aliphatic rings. The molecule has 0 bridgehead atoms. The van der Waals surface area contributed by atoms with Crippen LogP contribution in [0.15, 0.2) is 24.5 Å². The van der Waals surface area contributed by atoms with Crippen molar-refractivity contribution in [3.63, 3.8) is 0 Å². The maximum atomic E-state index is 13.6. The van der Waals surface area contributed by atoms with E-state index in [-0.39, 0.29) is 5.82 Å². The van der Waals surface area contributed by atoms with Gasteiger partial charge in [0.15, 0.2) is 0 Å². The third-order valence-electron chi connectivity index (χ3n) is 2.61. The van der Waals surface area contributed by atoms with Crippen LogP contribution in [0.4, 0.5) is 10.2 Å². The van der Waals surface area contributed by atoms with E-state index in [2.05, 4.69) is 29.1 Å². The summed E-state index contributed by atoms with van der Waals surface area (Å²) in [6.45, 7) is 6.18. The molecule has 0 radical (unpaired) electrons. The molecule has 0 unspecified atom stereocenters. The predicted octanol–water partition coefficient (Wildman–Crippen LogP) is 2.85. The fourth-order valence-electron chi connectivity index (χ4n) is 1.75. The van der Waals surface area contributed by atoms with Gasteiger partial charge in [-0.1, -0.05) is 19.9 Å². The molecule has 0 spiro atoms. The summed E-state index contributed by atoms with van der Waals surface area (Å²) in [6, 6.07) is 4.85. The van der Waals surface area contributed by atoms with E-state index in [1.165, 1.54) is 12.4 Å². The molecule has 0 aliphatic heterocycles. The third-order valence-corrected chi connectivity index (χ3v) is 2.61. The van der Waals surface area contributed by atoms with E-state index in [0.29, 0.717) is 35.8 Å². The Balaban J connectivity index is 1.99. The lowest BCUT2D eigenvalue weighted by atomic mass is 10.2. The van der Waals surface area contributed by atoms with Crippen molar-refractivity contribution in [2.24, 2.45) is 5.92 Å². The number of para-hydroxylation sites is 1. The number of nitrogens with one attached hydrogen (secondary N) is 1. The highest BCUT2D eigenvalue weighted by Crippen LogP contribution is 2.20. The number of hydrogen-bond donors (Lipinski definition) is 1. The predicted molar refractivity (Wildman–Crippen MR) is 73.6 cm³/mol. The van der Waals surface area contributed by atoms with Gasteiger partial charge in [-0.2, -0.15) is 0 Å². The zero-order chi connectivity index (χ0) is 13.7. The summed E-state index contributed by atoms with van der Waals surface area (Å²) in [5.74, 6) is 0.825. The van der Waals surface area contributed by atoms with Crippen molar-refractivity contribution in [3.05, 3.63) is 30.3 Å². The highest BCUT2D eigenvalue weighted by Gasteiger charge is 2.06. The molecular weight excluding hydrogens is 245 g/mol. The first-order chi connectivity index (χ1) is 9.18. The molecule has 2 rings (SSSR count). The molecule has 1 aromatic heterocycles. The molecular formula is C14H18FN3O. The van der Waals surface area contributed by atoms with Gasteiger partial charge in [0.25, 0.3) is 0 Å². The van der Waals surface area contributed by atoms with Crippen molar-refractivity contribution < 1.29 is 9.13 Å². The molecule has 1 N–H and O–H groups in total. The van der Waals surface area contributed by atoms with E-state index in [4.69, 9.17) is 4.74 Å². The summed E-state index contributed by atoms with van der Waals surface area (Å²) in [7, 11) is 0. The number of anilines is 1. The first kappa shape index (κ1) is 13.7. The first-order valence-electron chi connectivity index (χ1n) is 6.39. The number of nitrogens with zero attached hydrogens (tertiary/aromatic N) is 2. The van der Waals surface area contributed by atoms with Crippen LogP contribution in [0.2, 0.25) is 0 Å². The lowest BCUT2D eigenvalue weighted by molar-refractivity contribution is 0.118. The average Bonchev–Trinajstić information content (AvgIpc) is 2.39. The van der Waals surface area contributed by atoms with Crippen molar-refractivity contribution in [2.45, 2.75) is 13.8 Å². The van der Waals surface area contributed by atoms with E-state index in [1.54, 1.807) is 12.1 Å². The van der Waals surface area contributed by atoms with Crippen LogP contribution in [-0.4, -0.2) is 29.7 Å². The fraction of sp³-hybridized carbons (Fsp3) is 0.429. The van der Waals surface area contributed by atoms with Crippen molar-refractivity contribution in [2.75, 3.05) is 25.1 Å². The minimum Gasteiger partial charge on any atom is -0.379 e. The van der Waals surface area contributed by atoms with Crippen LogP contribution in [0.5, 0.6) is 0 Å². The smallest absolute Gasteiger partial charge is 0.149 e. The monoisotopic (exact) mass is 263 g/mol. The van der Waals surface area contributed by atoms with E-state index in [0.717, 1.165) is 6.61 Å². The molecule has 0 saturated heterocycles. The SMILES string of the molecule is CC(C)COCCNc1ncnc2c(F)cccc12. The van der Waals surface area contributed by atoms with Crippen LogP contribution in [0.1, 0.15) is 13.8 Å². The van der Waals surface area contributed by atoms with Crippen LogP contribution in [0.25, 0.3) is 10.9 Å². The highest BCUT2D eigenvalue weighted by atomic mass is 19.1. The van der Waals surface area contributed by atoms with Crippen LogP contribution >= 0.6 is 0 Å². The number of halogens is 1. The Morgan fingerprint density at radius 2 is 2.16 bits per heavy atom. The van der Waals surface area contributed by atoms with Crippen molar-refractivity contribution in [3.8, 4) is 0 Å². The van der Waals surface area contributed by atoms with Gasteiger partial charge in [0.05, 0.1) is 6.61 Å². The number of fused-ring (bicyclic) bond motifs is 1. The Morgan fingerprint density at radius 3 is 2.95 bits per heavy atom. The number of aromatic nitrogens is 2. The van der Waals surface area contributed by atoms with Gasteiger partial charge in [-0.05, 0) is 18.1 Å². The summed E-state index contributed by atoms with van der Waals surface area (Å²) < 4.78 is 19.0. The molecule has 1 heterocycles. The average molecular weight is 263 g/mol. The van der Waals surface area contributed by atoms with Crippen molar-refractivity contribution >= 4 is 16.7 Å². The largest absolute Gasteiger partial charge is 0.379 e. The Bertz CT molecular complexity index is 545. The lowest BCUT2D eigenvalue weighted by Crippen LogP contribution is -2.13. The second-order valence-electron chi connectivity index (χ2n) is 4.75. The minimum atomic E-state index is -0.334. The van der Waals surface area contributed by atoms with Crippen molar-refractivity contribution in [1.29, 1.82) is 0 Å². The van der Waals surface area contributed by atoms with Gasteiger partial charge >= 0.3 is 0 Å². The third kappa shape index (κ3) is 3.61. The summed E-state index contributed by atoms with van der Waals surface area (Å²) in [5.41, 5.74) is 0.336. The van der Waals surface area contributed by atoms with Gasteiger partial charge in [0, 0.05) is 18.5 Å². The number of benzene rings is 1. The summed E-state index contributed by atoms with van der Waals surface area (Å²) >= 11 is 0. The molecule has 0 saturated carbocycles. The van der Waals surface area contributed by atoms with Gasteiger partial charge < -0.3 is 10.1 Å². The van der Waals surface area contributed by atoms with E-state index in [9.17, 15) is 4.39 Å². The van der Waals surface area contributed by atoms with Gasteiger partial charge in [-0.15, -0.1) is 0 Å². The number of ether oxygens (including phenoxy) is 1. The van der Waals surface area contributed by atoms with E-state index < -0.39 is 0 Å². The molecule has 0 atom stereocenters. The quantitative estimate of drug-likeness (QED) is 0.814. The maximum absolute atomic E-state index is 13.6. The normalized spacial score (nSPS) is 11.2. The summed E-state index contributed by atoms with van der Waals surface area (Å²) in [5, 5.41) is 3.83. The summed E-state index contributed by atoms with van der Waals surface area (Å²) in [4.78, 5) is 8.09. The maximum Gasteiger partial charge on any atom is 0.149 e. The molecule has 0 amide bonds. The van der Waals surface area contributed by atoms with E-state index in [1.807, 2.05) is 0 Å². The second kappa shape index (κ2) is 6.43. The minimum absolute atomic E-state index is 0.334. The van der Waals surface area contributed by atoms with E-state index >= 15 is 0 Å². The Hall–Kier alpha value is -1.75. The van der Waals surface area contributed by atoms with Gasteiger partial charge in [-0.3, -0.25) is 0 Å². The van der Waals surface area contributed by atoms with Gasteiger partial charge in [0.2, 0.25) is 0 Å². The van der Waals surface area contributed by atoms with Crippen LogP contribution < -0.4 is 5.32 Å². The van der Waals surface area contributed by atoms with Crippen LogP contribution in [-0.2, 0) is 4.74 Å². The van der Waals surface area contributed by atoms with Crippen molar-refractivity contribution in [1.82, 2.24) is 9.97 Å². The summed E-state index contributed by atoms with van der Waals surface area (Å²) in [6.07, 6.45) is 1.36. The van der Waals surface area contributed by atoms with Crippen LogP contribution in [0.3, 0.4) is 0 Å². The zero-order valence-electron chi connectivity index (χ0n) is 11.2. The molecule has 5 heteroatoms. The first-order valence-corrected chi connectivity index (χ1v) is 6.39.